The van der Waals surface area contributed by atoms with Crippen molar-refractivity contribution in [1.29, 1.82) is 0 Å². The molecule has 0 radical (unpaired) electrons. The highest BCUT2D eigenvalue weighted by molar-refractivity contribution is 9.09. The molecule has 0 spiro atoms. The fourth-order valence-corrected chi connectivity index (χ4v) is 3.40. The van der Waals surface area contributed by atoms with Gasteiger partial charge in [-0.2, -0.15) is 0 Å². The summed E-state index contributed by atoms with van der Waals surface area (Å²) in [5, 5.41) is 0. The van der Waals surface area contributed by atoms with Gasteiger partial charge in [-0.15, -0.1) is 6.58 Å². The first-order valence-corrected chi connectivity index (χ1v) is 6.26. The maximum atomic E-state index is 3.61. The molecule has 0 aliphatic carbocycles. The standard InChI is InChI=1S/C5H10S3/c1-3-5-7-8-6-4-2/h3H,1,4-5H2,2H3. The second-order valence-corrected chi connectivity index (χ2v) is 5.61. The Morgan fingerprint density at radius 1 is 1.50 bits per heavy atom. The van der Waals surface area contributed by atoms with Crippen LogP contribution in [-0.2, 0) is 0 Å². The quantitative estimate of drug-likeness (QED) is 0.350. The van der Waals surface area contributed by atoms with Crippen LogP contribution < -0.4 is 0 Å². The third-order valence-electron chi connectivity index (χ3n) is 0.400. The maximum Gasteiger partial charge on any atom is 0.0223 e. The topological polar surface area (TPSA) is 0 Å². The van der Waals surface area contributed by atoms with Crippen molar-refractivity contribution in [2.24, 2.45) is 0 Å². The van der Waals surface area contributed by atoms with E-state index in [1.165, 1.54) is 5.75 Å². The van der Waals surface area contributed by atoms with E-state index in [-0.39, 0.29) is 0 Å². The molecule has 3 heteroatoms. The Kier molecular flexibility index (Phi) is 8.56. The van der Waals surface area contributed by atoms with E-state index in [0.29, 0.717) is 0 Å². The predicted octanol–water partition coefficient (Wildman–Crippen LogP) is 3.22. The van der Waals surface area contributed by atoms with Crippen LogP contribution in [0.15, 0.2) is 12.7 Å². The smallest absolute Gasteiger partial charge is 0.0223 e. The van der Waals surface area contributed by atoms with Gasteiger partial charge in [-0.05, 0) is 9.83 Å². The zero-order valence-corrected chi connectivity index (χ0v) is 7.37. The largest absolute Gasteiger partial charge is 0.102 e. The minimum absolute atomic E-state index is 1.05. The van der Waals surface area contributed by atoms with Gasteiger partial charge in [0.05, 0.1) is 0 Å². The summed E-state index contributed by atoms with van der Waals surface area (Å²) in [6.07, 6.45) is 1.92. The van der Waals surface area contributed by atoms with Crippen molar-refractivity contribution in [1.82, 2.24) is 0 Å². The van der Waals surface area contributed by atoms with Gasteiger partial charge in [0.1, 0.15) is 0 Å². The van der Waals surface area contributed by atoms with Crippen molar-refractivity contribution in [3.05, 3.63) is 12.7 Å². The lowest BCUT2D eigenvalue weighted by Gasteiger charge is -1.90. The van der Waals surface area contributed by atoms with Crippen LogP contribution in [0.4, 0.5) is 0 Å². The highest BCUT2D eigenvalue weighted by Gasteiger charge is 1.82. The molecular formula is C5H10S3. The first kappa shape index (κ1) is 8.79. The van der Waals surface area contributed by atoms with Crippen molar-refractivity contribution < 1.29 is 0 Å². The Balaban J connectivity index is 2.62. The summed E-state index contributed by atoms with van der Waals surface area (Å²) in [5.41, 5.74) is 0. The Morgan fingerprint density at radius 3 is 2.75 bits per heavy atom. The normalized spacial score (nSPS) is 9.12. The SMILES string of the molecule is C=CCSSSCC. The van der Waals surface area contributed by atoms with Gasteiger partial charge in [0, 0.05) is 11.5 Å². The fraction of sp³-hybridized carbons (Fsp3) is 0.600. The minimum atomic E-state index is 1.05. The first-order chi connectivity index (χ1) is 3.91. The maximum absolute atomic E-state index is 3.61. The first-order valence-electron chi connectivity index (χ1n) is 2.43. The van der Waals surface area contributed by atoms with Gasteiger partial charge in [0.15, 0.2) is 0 Å². The molecule has 0 atom stereocenters. The van der Waals surface area contributed by atoms with Crippen LogP contribution in [0.2, 0.25) is 0 Å². The molecule has 0 aliphatic heterocycles. The van der Waals surface area contributed by atoms with Gasteiger partial charge in [0.25, 0.3) is 0 Å². The van der Waals surface area contributed by atoms with Gasteiger partial charge in [-0.1, -0.05) is 34.6 Å². The molecule has 0 heterocycles. The van der Waals surface area contributed by atoms with Crippen LogP contribution >= 0.6 is 31.4 Å². The average Bonchev–Trinajstić information content (AvgIpc) is 1.81. The number of rotatable bonds is 5. The fourth-order valence-electron chi connectivity index (χ4n) is 0.158. The van der Waals surface area contributed by atoms with Crippen molar-refractivity contribution >= 4 is 31.4 Å². The second-order valence-electron chi connectivity index (χ2n) is 1.05. The van der Waals surface area contributed by atoms with Crippen molar-refractivity contribution in [3.63, 3.8) is 0 Å². The molecule has 8 heavy (non-hydrogen) atoms. The van der Waals surface area contributed by atoms with Crippen molar-refractivity contribution in [3.8, 4) is 0 Å². The lowest BCUT2D eigenvalue weighted by molar-refractivity contribution is 1.54. The molecule has 0 fully saturated rings. The summed E-state index contributed by atoms with van der Waals surface area (Å²) in [7, 11) is 5.56. The molecular weight excluding hydrogens is 156 g/mol. The van der Waals surface area contributed by atoms with E-state index in [4.69, 9.17) is 0 Å². The molecule has 0 rings (SSSR count). The Labute approximate surface area is 62.7 Å². The molecule has 0 bridgehead atoms. The van der Waals surface area contributed by atoms with E-state index >= 15 is 0 Å². The molecule has 0 N–H and O–H groups in total. The van der Waals surface area contributed by atoms with E-state index in [2.05, 4.69) is 13.5 Å². The van der Waals surface area contributed by atoms with Crippen LogP contribution in [0.1, 0.15) is 6.92 Å². The summed E-state index contributed by atoms with van der Waals surface area (Å²) in [5.74, 6) is 2.24. The summed E-state index contributed by atoms with van der Waals surface area (Å²) in [4.78, 5) is 0. The highest BCUT2D eigenvalue weighted by atomic mass is 33.5. The van der Waals surface area contributed by atoms with Crippen molar-refractivity contribution in [2.75, 3.05) is 11.5 Å². The van der Waals surface area contributed by atoms with Crippen LogP contribution in [-0.4, -0.2) is 11.5 Å². The minimum Gasteiger partial charge on any atom is -0.102 e. The number of hydrogen-bond acceptors (Lipinski definition) is 3. The van der Waals surface area contributed by atoms with Crippen LogP contribution in [0.25, 0.3) is 0 Å². The predicted molar refractivity (Wildman–Crippen MR) is 48.4 cm³/mol. The lowest BCUT2D eigenvalue weighted by Crippen LogP contribution is -1.59. The molecule has 0 saturated heterocycles. The molecule has 0 aromatic carbocycles. The Morgan fingerprint density at radius 2 is 2.25 bits per heavy atom. The summed E-state index contributed by atoms with van der Waals surface area (Å²) in [6, 6.07) is 0. The van der Waals surface area contributed by atoms with E-state index in [1.54, 1.807) is 0 Å². The van der Waals surface area contributed by atoms with Crippen molar-refractivity contribution in [2.45, 2.75) is 6.92 Å². The van der Waals surface area contributed by atoms with E-state index in [1.807, 2.05) is 37.5 Å². The Bertz CT molecular complexity index is 53.6. The second kappa shape index (κ2) is 7.79. The zero-order chi connectivity index (χ0) is 6.24. The lowest BCUT2D eigenvalue weighted by atomic mass is 10.8. The highest BCUT2D eigenvalue weighted by Crippen LogP contribution is 2.33. The summed E-state index contributed by atoms with van der Waals surface area (Å²) >= 11 is 0. The Hall–Kier alpha value is 0.790. The van der Waals surface area contributed by atoms with Gasteiger partial charge in [0.2, 0.25) is 0 Å². The van der Waals surface area contributed by atoms with Gasteiger partial charge in [-0.25, -0.2) is 0 Å². The van der Waals surface area contributed by atoms with Gasteiger partial charge in [-0.3, -0.25) is 0 Å². The van der Waals surface area contributed by atoms with Gasteiger partial charge < -0.3 is 0 Å². The molecule has 0 unspecified atom stereocenters. The molecule has 0 aromatic heterocycles. The third-order valence-corrected chi connectivity index (χ3v) is 4.62. The molecule has 48 valence electrons. The molecule has 0 amide bonds. The monoisotopic (exact) mass is 166 g/mol. The number of hydrogen-bond donors (Lipinski definition) is 0. The third kappa shape index (κ3) is 6.79. The molecule has 0 saturated carbocycles. The van der Waals surface area contributed by atoms with Crippen LogP contribution in [0.5, 0.6) is 0 Å². The van der Waals surface area contributed by atoms with E-state index in [0.717, 1.165) is 5.75 Å². The van der Waals surface area contributed by atoms with E-state index in [9.17, 15) is 0 Å². The zero-order valence-electron chi connectivity index (χ0n) is 4.92. The van der Waals surface area contributed by atoms with Crippen LogP contribution in [0, 0.1) is 0 Å². The van der Waals surface area contributed by atoms with E-state index < -0.39 is 0 Å². The average molecular weight is 166 g/mol. The molecule has 0 aliphatic rings. The molecule has 0 aromatic rings. The van der Waals surface area contributed by atoms with Crippen LogP contribution in [0.3, 0.4) is 0 Å². The molecule has 0 nitrogen and oxygen atoms in total. The van der Waals surface area contributed by atoms with Gasteiger partial charge >= 0.3 is 0 Å². The summed E-state index contributed by atoms with van der Waals surface area (Å²) in [6.45, 7) is 5.77. The summed E-state index contributed by atoms with van der Waals surface area (Å²) < 4.78 is 0.